The van der Waals surface area contributed by atoms with Crippen molar-refractivity contribution in [2.45, 2.75) is 38.3 Å². The normalized spacial score (nSPS) is 18.5. The van der Waals surface area contributed by atoms with Crippen molar-refractivity contribution in [1.82, 2.24) is 9.88 Å². The Balaban J connectivity index is 1.39. The van der Waals surface area contributed by atoms with E-state index in [4.69, 9.17) is 16.3 Å². The highest BCUT2D eigenvalue weighted by molar-refractivity contribution is 6.30. The van der Waals surface area contributed by atoms with Crippen LogP contribution < -0.4 is 4.74 Å². The molecule has 1 aliphatic heterocycles. The van der Waals surface area contributed by atoms with E-state index in [0.29, 0.717) is 49.2 Å². The quantitative estimate of drug-likeness (QED) is 0.307. The fraction of sp³-hybridized carbons (Fsp3) is 0.400. The first kappa shape index (κ1) is 27.8. The topological polar surface area (TPSA) is 62.7 Å². The van der Waals surface area contributed by atoms with Gasteiger partial charge in [-0.1, -0.05) is 23.4 Å². The smallest absolute Gasteiger partial charge is 0.303 e. The Labute approximate surface area is 226 Å². The highest BCUT2D eigenvalue weighted by atomic mass is 35.5. The number of fused-ring (bicyclic) bond motifs is 1. The third-order valence-electron chi connectivity index (χ3n) is 7.27. The molecule has 38 heavy (non-hydrogen) atoms. The monoisotopic (exact) mass is 540 g/mol. The van der Waals surface area contributed by atoms with Crippen molar-refractivity contribution in [2.75, 3.05) is 26.7 Å². The van der Waals surface area contributed by atoms with Gasteiger partial charge in [-0.3, -0.25) is 14.7 Å². The molecule has 0 radical (unpaired) electrons. The van der Waals surface area contributed by atoms with E-state index in [2.05, 4.69) is 21.7 Å². The molecular formula is C30H31ClF2N2O3. The number of carboxylic acids is 1. The highest BCUT2D eigenvalue weighted by Gasteiger charge is 2.30. The average Bonchev–Trinajstić information content (AvgIpc) is 2.92. The molecule has 200 valence electrons. The maximum absolute atomic E-state index is 15.5. The minimum absolute atomic E-state index is 0.0383. The molecule has 0 spiro atoms. The van der Waals surface area contributed by atoms with Crippen LogP contribution in [-0.4, -0.2) is 47.7 Å². The summed E-state index contributed by atoms with van der Waals surface area (Å²) in [4.78, 5) is 17.8. The van der Waals surface area contributed by atoms with E-state index in [9.17, 15) is 14.3 Å². The third kappa shape index (κ3) is 7.21. The number of likely N-dealkylation sites (tertiary alicyclic amines) is 1. The molecule has 2 aromatic carbocycles. The van der Waals surface area contributed by atoms with Gasteiger partial charge < -0.3 is 9.84 Å². The lowest BCUT2D eigenvalue weighted by molar-refractivity contribution is -0.137. The molecule has 8 heteroatoms. The first-order chi connectivity index (χ1) is 18.3. The number of ether oxygens (including phenoxy) is 1. The van der Waals surface area contributed by atoms with E-state index < -0.39 is 18.0 Å². The Morgan fingerprint density at radius 1 is 1.24 bits per heavy atom. The van der Waals surface area contributed by atoms with E-state index in [-0.39, 0.29) is 23.3 Å². The molecule has 1 fully saturated rings. The van der Waals surface area contributed by atoms with Crippen LogP contribution in [0.5, 0.6) is 5.75 Å². The summed E-state index contributed by atoms with van der Waals surface area (Å²) in [5.74, 6) is 5.86. The molecule has 1 saturated heterocycles. The standard InChI is InChI=1S/C30H31ClF2N2O3/c1-38-23-7-10-29-25(18-23)24(12-14-34-29)27(32)9-5-21-13-16-35(19-22(21)6-11-30(36)37)15-2-3-20-4-8-28(33)26(31)17-20/h4,7-8,10,12,14,17-18,21-22,27H,5-6,9,11,13,15-16,19H2,1H3,(H,36,37)/t21?,22?,27-/m0/s1. The van der Waals surface area contributed by atoms with E-state index in [1.165, 1.54) is 12.1 Å². The van der Waals surface area contributed by atoms with Crippen LogP contribution in [0.15, 0.2) is 48.7 Å². The number of benzene rings is 2. The highest BCUT2D eigenvalue weighted by Crippen LogP contribution is 2.36. The van der Waals surface area contributed by atoms with E-state index in [0.717, 1.165) is 23.9 Å². The molecular weight excluding hydrogens is 510 g/mol. The van der Waals surface area contributed by atoms with Crippen LogP contribution in [0.25, 0.3) is 10.9 Å². The maximum atomic E-state index is 15.5. The summed E-state index contributed by atoms with van der Waals surface area (Å²) in [6, 6.07) is 11.6. The lowest BCUT2D eigenvalue weighted by atomic mass is 9.79. The maximum Gasteiger partial charge on any atom is 0.303 e. The number of carboxylic acid groups (broad SMARTS) is 1. The van der Waals surface area contributed by atoms with Gasteiger partial charge >= 0.3 is 5.97 Å². The van der Waals surface area contributed by atoms with Crippen LogP contribution >= 0.6 is 11.6 Å². The molecule has 0 amide bonds. The predicted octanol–water partition coefficient (Wildman–Crippen LogP) is 6.68. The summed E-state index contributed by atoms with van der Waals surface area (Å²) in [6.07, 6.45) is 2.99. The molecule has 1 N–H and O–H groups in total. The fourth-order valence-electron chi connectivity index (χ4n) is 5.21. The number of pyridine rings is 1. The zero-order valence-electron chi connectivity index (χ0n) is 21.3. The number of hydrogen-bond acceptors (Lipinski definition) is 4. The van der Waals surface area contributed by atoms with Crippen LogP contribution in [0.4, 0.5) is 8.78 Å². The number of piperidine rings is 1. The number of rotatable bonds is 9. The van der Waals surface area contributed by atoms with E-state index in [1.807, 2.05) is 18.2 Å². The van der Waals surface area contributed by atoms with Crippen molar-refractivity contribution in [3.8, 4) is 17.6 Å². The number of aliphatic carboxylic acids is 1. The summed E-state index contributed by atoms with van der Waals surface area (Å²) in [7, 11) is 1.58. The van der Waals surface area contributed by atoms with Crippen LogP contribution in [-0.2, 0) is 4.79 Å². The Bertz CT molecular complexity index is 1340. The number of alkyl halides is 1. The summed E-state index contributed by atoms with van der Waals surface area (Å²) in [6.45, 7) is 2.03. The lowest BCUT2D eigenvalue weighted by Crippen LogP contribution is -2.41. The van der Waals surface area contributed by atoms with Crippen LogP contribution in [0.1, 0.15) is 49.4 Å². The molecule has 1 aromatic heterocycles. The second-order valence-electron chi connectivity index (χ2n) is 9.74. The van der Waals surface area contributed by atoms with Crippen molar-refractivity contribution in [2.24, 2.45) is 11.8 Å². The van der Waals surface area contributed by atoms with Crippen LogP contribution in [0.2, 0.25) is 5.02 Å². The van der Waals surface area contributed by atoms with Crippen molar-refractivity contribution >= 4 is 28.5 Å². The largest absolute Gasteiger partial charge is 0.497 e. The third-order valence-corrected chi connectivity index (χ3v) is 7.56. The summed E-state index contributed by atoms with van der Waals surface area (Å²) >= 11 is 5.83. The molecule has 0 bridgehead atoms. The first-order valence-corrected chi connectivity index (χ1v) is 13.2. The van der Waals surface area contributed by atoms with Crippen LogP contribution in [0.3, 0.4) is 0 Å². The van der Waals surface area contributed by atoms with Gasteiger partial charge in [0.15, 0.2) is 0 Å². The van der Waals surface area contributed by atoms with Gasteiger partial charge in [0.25, 0.3) is 0 Å². The Kier molecular flexibility index (Phi) is 9.54. The minimum Gasteiger partial charge on any atom is -0.497 e. The molecule has 3 aromatic rings. The van der Waals surface area contributed by atoms with Gasteiger partial charge in [-0.2, -0.15) is 0 Å². The number of methoxy groups -OCH3 is 1. The zero-order valence-corrected chi connectivity index (χ0v) is 22.1. The lowest BCUT2D eigenvalue weighted by Gasteiger charge is -2.38. The Hall–Kier alpha value is -3.21. The van der Waals surface area contributed by atoms with Crippen molar-refractivity contribution in [3.05, 3.63) is 70.6 Å². The molecule has 0 aliphatic carbocycles. The SMILES string of the molecule is COc1ccc2nccc([C@@H](F)CCC3CCN(CC#Cc4ccc(F)c(Cl)c4)CC3CCC(=O)O)c2c1. The van der Waals surface area contributed by atoms with Gasteiger partial charge in [-0.15, -0.1) is 0 Å². The summed E-state index contributed by atoms with van der Waals surface area (Å²) in [5, 5.41) is 10.1. The molecule has 5 nitrogen and oxygen atoms in total. The summed E-state index contributed by atoms with van der Waals surface area (Å²) in [5.41, 5.74) is 1.97. The number of hydrogen-bond donors (Lipinski definition) is 1. The van der Waals surface area contributed by atoms with Gasteiger partial charge in [0.1, 0.15) is 17.7 Å². The second kappa shape index (κ2) is 13.0. The van der Waals surface area contributed by atoms with E-state index in [1.54, 1.807) is 25.4 Å². The van der Waals surface area contributed by atoms with Crippen molar-refractivity contribution in [1.29, 1.82) is 0 Å². The zero-order chi connectivity index (χ0) is 27.1. The van der Waals surface area contributed by atoms with Crippen molar-refractivity contribution in [3.63, 3.8) is 0 Å². The molecule has 2 unspecified atom stereocenters. The average molecular weight is 541 g/mol. The Morgan fingerprint density at radius 2 is 2.08 bits per heavy atom. The van der Waals surface area contributed by atoms with Crippen LogP contribution in [0, 0.1) is 29.5 Å². The molecule has 4 rings (SSSR count). The van der Waals surface area contributed by atoms with E-state index >= 15 is 4.39 Å². The number of carbonyl (C=O) groups is 1. The summed E-state index contributed by atoms with van der Waals surface area (Å²) < 4.78 is 34.2. The van der Waals surface area contributed by atoms with Gasteiger partial charge in [0, 0.05) is 30.1 Å². The van der Waals surface area contributed by atoms with Crippen molar-refractivity contribution < 1.29 is 23.4 Å². The number of halogens is 3. The first-order valence-electron chi connectivity index (χ1n) is 12.8. The molecule has 1 aliphatic rings. The Morgan fingerprint density at radius 3 is 2.84 bits per heavy atom. The van der Waals surface area contributed by atoms with Gasteiger partial charge in [0.05, 0.1) is 24.2 Å². The fourth-order valence-corrected chi connectivity index (χ4v) is 5.39. The molecule has 0 saturated carbocycles. The molecule has 2 heterocycles. The van der Waals surface area contributed by atoms with Gasteiger partial charge in [-0.05, 0) is 92.1 Å². The minimum atomic E-state index is -1.15. The number of aromatic nitrogens is 1. The molecule has 3 atom stereocenters. The number of nitrogens with zero attached hydrogens (tertiary/aromatic N) is 2. The predicted molar refractivity (Wildman–Crippen MR) is 145 cm³/mol. The van der Waals surface area contributed by atoms with Gasteiger partial charge in [-0.25, -0.2) is 8.78 Å². The second-order valence-corrected chi connectivity index (χ2v) is 10.1. The van der Waals surface area contributed by atoms with Gasteiger partial charge in [0.2, 0.25) is 0 Å².